The second-order valence-electron chi connectivity index (χ2n) is 3.84. The predicted octanol–water partition coefficient (Wildman–Crippen LogP) is 1.99. The lowest BCUT2D eigenvalue weighted by Crippen LogP contribution is -2.34. The molecule has 1 aromatic rings. The van der Waals surface area contributed by atoms with E-state index in [9.17, 15) is 9.59 Å². The van der Waals surface area contributed by atoms with E-state index < -0.39 is 0 Å². The molecule has 0 bridgehead atoms. The molecule has 2 amide bonds. The van der Waals surface area contributed by atoms with Gasteiger partial charge < -0.3 is 10.6 Å². The van der Waals surface area contributed by atoms with Crippen molar-refractivity contribution in [3.8, 4) is 0 Å². The SMILES string of the molecule is CCCC(=O)NCCNC(=O)c1ccccc1Cl. The number of carbonyl (C=O) groups excluding carboxylic acids is 2. The van der Waals surface area contributed by atoms with Gasteiger partial charge in [0.25, 0.3) is 5.91 Å². The maximum absolute atomic E-state index is 11.7. The Morgan fingerprint density at radius 1 is 1.17 bits per heavy atom. The van der Waals surface area contributed by atoms with E-state index in [4.69, 9.17) is 11.6 Å². The lowest BCUT2D eigenvalue weighted by atomic mass is 10.2. The molecule has 0 saturated heterocycles. The van der Waals surface area contributed by atoms with Gasteiger partial charge in [-0.1, -0.05) is 30.7 Å². The molecule has 4 nitrogen and oxygen atoms in total. The van der Waals surface area contributed by atoms with Crippen molar-refractivity contribution in [2.24, 2.45) is 0 Å². The van der Waals surface area contributed by atoms with E-state index in [2.05, 4.69) is 10.6 Å². The second-order valence-corrected chi connectivity index (χ2v) is 4.24. The Morgan fingerprint density at radius 3 is 2.50 bits per heavy atom. The van der Waals surface area contributed by atoms with Crippen LogP contribution in [-0.4, -0.2) is 24.9 Å². The molecule has 0 atom stereocenters. The molecule has 0 aromatic heterocycles. The van der Waals surface area contributed by atoms with E-state index in [0.29, 0.717) is 30.1 Å². The summed E-state index contributed by atoms with van der Waals surface area (Å²) in [5.74, 6) is -0.227. The zero-order valence-electron chi connectivity index (χ0n) is 10.3. The maximum atomic E-state index is 11.7. The summed E-state index contributed by atoms with van der Waals surface area (Å²) < 4.78 is 0. The minimum Gasteiger partial charge on any atom is -0.354 e. The quantitative estimate of drug-likeness (QED) is 0.775. The summed E-state index contributed by atoms with van der Waals surface area (Å²) in [7, 11) is 0. The molecule has 18 heavy (non-hydrogen) atoms. The average Bonchev–Trinajstić information content (AvgIpc) is 2.35. The molecule has 0 heterocycles. The summed E-state index contributed by atoms with van der Waals surface area (Å²) >= 11 is 5.89. The maximum Gasteiger partial charge on any atom is 0.252 e. The fraction of sp³-hybridized carbons (Fsp3) is 0.385. The van der Waals surface area contributed by atoms with Gasteiger partial charge in [-0.2, -0.15) is 0 Å². The normalized spacial score (nSPS) is 9.89. The number of nitrogens with one attached hydrogen (secondary N) is 2. The predicted molar refractivity (Wildman–Crippen MR) is 71.7 cm³/mol. The van der Waals surface area contributed by atoms with Crippen LogP contribution < -0.4 is 10.6 Å². The van der Waals surface area contributed by atoms with Crippen LogP contribution in [-0.2, 0) is 4.79 Å². The highest BCUT2D eigenvalue weighted by molar-refractivity contribution is 6.33. The number of rotatable bonds is 6. The van der Waals surface area contributed by atoms with E-state index in [1.54, 1.807) is 24.3 Å². The Kier molecular flexibility index (Phi) is 6.22. The van der Waals surface area contributed by atoms with Crippen LogP contribution >= 0.6 is 11.6 Å². The standard InChI is InChI=1S/C13H17ClN2O2/c1-2-5-12(17)15-8-9-16-13(18)10-6-3-4-7-11(10)14/h3-4,6-7H,2,5,8-9H2,1H3,(H,15,17)(H,16,18). The van der Waals surface area contributed by atoms with E-state index >= 15 is 0 Å². The van der Waals surface area contributed by atoms with Gasteiger partial charge in [0.1, 0.15) is 0 Å². The Hall–Kier alpha value is -1.55. The molecule has 0 radical (unpaired) electrons. The summed E-state index contributed by atoms with van der Waals surface area (Å²) in [6.45, 7) is 2.76. The highest BCUT2D eigenvalue weighted by atomic mass is 35.5. The molecule has 0 unspecified atom stereocenters. The van der Waals surface area contributed by atoms with Gasteiger partial charge in [-0.05, 0) is 18.6 Å². The number of amides is 2. The van der Waals surface area contributed by atoms with Crippen LogP contribution in [0.25, 0.3) is 0 Å². The van der Waals surface area contributed by atoms with Crippen LogP contribution in [0.3, 0.4) is 0 Å². The van der Waals surface area contributed by atoms with Gasteiger partial charge in [0.15, 0.2) is 0 Å². The van der Waals surface area contributed by atoms with Gasteiger partial charge in [0, 0.05) is 19.5 Å². The fourth-order valence-corrected chi connectivity index (χ4v) is 1.66. The number of hydrogen-bond donors (Lipinski definition) is 2. The minimum absolute atomic E-state index is 0.00416. The Labute approximate surface area is 112 Å². The van der Waals surface area contributed by atoms with Crippen LogP contribution in [0.4, 0.5) is 0 Å². The lowest BCUT2D eigenvalue weighted by Gasteiger charge is -2.07. The molecule has 1 aromatic carbocycles. The van der Waals surface area contributed by atoms with Crippen LogP contribution in [0.5, 0.6) is 0 Å². The van der Waals surface area contributed by atoms with E-state index in [1.807, 2.05) is 6.92 Å². The van der Waals surface area contributed by atoms with Crippen molar-refractivity contribution in [1.82, 2.24) is 10.6 Å². The summed E-state index contributed by atoms with van der Waals surface area (Å²) in [4.78, 5) is 22.9. The number of halogens is 1. The van der Waals surface area contributed by atoms with Crippen LogP contribution in [0.2, 0.25) is 5.02 Å². The van der Waals surface area contributed by atoms with Gasteiger partial charge in [0.05, 0.1) is 10.6 Å². The Bertz CT molecular complexity index is 421. The van der Waals surface area contributed by atoms with Gasteiger partial charge in [-0.15, -0.1) is 0 Å². The van der Waals surface area contributed by atoms with Gasteiger partial charge in [0.2, 0.25) is 5.91 Å². The Morgan fingerprint density at radius 2 is 1.83 bits per heavy atom. The monoisotopic (exact) mass is 268 g/mol. The number of benzene rings is 1. The van der Waals surface area contributed by atoms with Crippen molar-refractivity contribution in [3.63, 3.8) is 0 Å². The van der Waals surface area contributed by atoms with E-state index in [1.165, 1.54) is 0 Å². The van der Waals surface area contributed by atoms with Crippen LogP contribution in [0.15, 0.2) is 24.3 Å². The van der Waals surface area contributed by atoms with E-state index in [-0.39, 0.29) is 11.8 Å². The average molecular weight is 269 g/mol. The highest BCUT2D eigenvalue weighted by Crippen LogP contribution is 2.14. The van der Waals surface area contributed by atoms with Crippen molar-refractivity contribution >= 4 is 23.4 Å². The van der Waals surface area contributed by atoms with Crippen LogP contribution in [0, 0.1) is 0 Å². The van der Waals surface area contributed by atoms with E-state index in [0.717, 1.165) is 6.42 Å². The Balaban J connectivity index is 2.30. The molecule has 0 saturated carbocycles. The summed E-state index contributed by atoms with van der Waals surface area (Å²) in [5, 5.41) is 5.84. The molecule has 0 fully saturated rings. The number of carbonyl (C=O) groups is 2. The first-order valence-corrected chi connectivity index (χ1v) is 6.32. The van der Waals surface area contributed by atoms with Crippen molar-refractivity contribution in [2.75, 3.05) is 13.1 Å². The zero-order chi connectivity index (χ0) is 13.4. The van der Waals surface area contributed by atoms with Crippen molar-refractivity contribution in [2.45, 2.75) is 19.8 Å². The summed E-state index contributed by atoms with van der Waals surface area (Å²) in [6.07, 6.45) is 1.33. The van der Waals surface area contributed by atoms with Crippen molar-refractivity contribution in [3.05, 3.63) is 34.9 Å². The fourth-order valence-electron chi connectivity index (χ4n) is 1.43. The molecule has 0 aliphatic rings. The molecular weight excluding hydrogens is 252 g/mol. The molecule has 0 spiro atoms. The molecule has 98 valence electrons. The molecule has 0 aliphatic carbocycles. The summed E-state index contributed by atoms with van der Waals surface area (Å²) in [5.41, 5.74) is 0.444. The van der Waals surface area contributed by atoms with Gasteiger partial charge >= 0.3 is 0 Å². The topological polar surface area (TPSA) is 58.2 Å². The third-order valence-corrected chi connectivity index (χ3v) is 2.66. The molecule has 2 N–H and O–H groups in total. The highest BCUT2D eigenvalue weighted by Gasteiger charge is 2.08. The molecular formula is C13H17ClN2O2. The first-order chi connectivity index (χ1) is 8.65. The largest absolute Gasteiger partial charge is 0.354 e. The molecule has 0 aliphatic heterocycles. The van der Waals surface area contributed by atoms with Crippen molar-refractivity contribution in [1.29, 1.82) is 0 Å². The van der Waals surface area contributed by atoms with Gasteiger partial charge in [-0.3, -0.25) is 9.59 Å². The number of hydrogen-bond acceptors (Lipinski definition) is 2. The smallest absolute Gasteiger partial charge is 0.252 e. The lowest BCUT2D eigenvalue weighted by molar-refractivity contribution is -0.121. The third kappa shape index (κ3) is 4.75. The molecule has 1 rings (SSSR count). The van der Waals surface area contributed by atoms with Crippen LogP contribution in [0.1, 0.15) is 30.1 Å². The second kappa shape index (κ2) is 7.71. The van der Waals surface area contributed by atoms with Crippen molar-refractivity contribution < 1.29 is 9.59 Å². The first kappa shape index (κ1) is 14.5. The molecule has 5 heteroatoms. The zero-order valence-corrected chi connectivity index (χ0v) is 11.1. The summed E-state index contributed by atoms with van der Waals surface area (Å²) in [6, 6.07) is 6.85. The first-order valence-electron chi connectivity index (χ1n) is 5.94. The minimum atomic E-state index is -0.231. The van der Waals surface area contributed by atoms with Gasteiger partial charge in [-0.25, -0.2) is 0 Å². The third-order valence-electron chi connectivity index (χ3n) is 2.33.